The minimum Gasteiger partial charge on any atom is -0.476 e. The summed E-state index contributed by atoms with van der Waals surface area (Å²) in [6, 6.07) is 0. The van der Waals surface area contributed by atoms with E-state index in [-0.39, 0.29) is 5.69 Å². The molecule has 0 aromatic carbocycles. The Balaban J connectivity index is 2.13. The second-order valence-corrected chi connectivity index (χ2v) is 4.51. The van der Waals surface area contributed by atoms with Crippen LogP contribution in [0.25, 0.3) is 0 Å². The number of carboxylic acid groups (broad SMARTS) is 1. The van der Waals surface area contributed by atoms with Crippen molar-refractivity contribution in [2.24, 2.45) is 0 Å². The van der Waals surface area contributed by atoms with Gasteiger partial charge in [0.25, 0.3) is 0 Å². The fourth-order valence-corrected chi connectivity index (χ4v) is 2.63. The first kappa shape index (κ1) is 9.61. The van der Waals surface area contributed by atoms with E-state index in [0.717, 1.165) is 24.5 Å². The van der Waals surface area contributed by atoms with Gasteiger partial charge in [-0.1, -0.05) is 0 Å². The highest BCUT2D eigenvalue weighted by Crippen LogP contribution is 2.28. The van der Waals surface area contributed by atoms with E-state index in [2.05, 4.69) is 16.9 Å². The molecule has 5 heteroatoms. The number of carboxylic acids is 1. The zero-order valence-corrected chi connectivity index (χ0v) is 8.75. The summed E-state index contributed by atoms with van der Waals surface area (Å²) in [6.07, 6.45) is 1.09. The lowest BCUT2D eigenvalue weighted by atomic mass is 10.1. The first-order valence-electron chi connectivity index (χ1n) is 4.54. The summed E-state index contributed by atoms with van der Waals surface area (Å²) in [6.45, 7) is 2.07. The molecule has 2 rings (SSSR count). The lowest BCUT2D eigenvalue weighted by molar-refractivity contribution is 0.0691. The van der Waals surface area contributed by atoms with Crippen molar-refractivity contribution in [3.05, 3.63) is 16.1 Å². The zero-order chi connectivity index (χ0) is 10.1. The Kier molecular flexibility index (Phi) is 2.52. The van der Waals surface area contributed by atoms with E-state index in [9.17, 15) is 4.79 Å². The van der Waals surface area contributed by atoms with Gasteiger partial charge in [-0.25, -0.2) is 9.78 Å². The monoisotopic (exact) mass is 212 g/mol. The molecule has 4 nitrogen and oxygen atoms in total. The third-order valence-electron chi connectivity index (χ3n) is 2.48. The molecule has 0 aliphatic carbocycles. The first-order valence-corrected chi connectivity index (χ1v) is 5.42. The molecule has 1 unspecified atom stereocenters. The van der Waals surface area contributed by atoms with Gasteiger partial charge in [0.2, 0.25) is 0 Å². The van der Waals surface area contributed by atoms with Gasteiger partial charge in [0.05, 0.1) is 5.01 Å². The Morgan fingerprint density at radius 1 is 1.79 bits per heavy atom. The van der Waals surface area contributed by atoms with Crippen molar-refractivity contribution < 1.29 is 9.90 Å². The van der Waals surface area contributed by atoms with Crippen LogP contribution in [-0.2, 0) is 0 Å². The topological polar surface area (TPSA) is 53.4 Å². The van der Waals surface area contributed by atoms with Crippen LogP contribution >= 0.6 is 11.3 Å². The average Bonchev–Trinajstić information content (AvgIpc) is 2.70. The molecule has 1 atom stereocenters. The fourth-order valence-electron chi connectivity index (χ4n) is 1.71. The van der Waals surface area contributed by atoms with Crippen molar-refractivity contribution in [3.8, 4) is 0 Å². The molecule has 76 valence electrons. The smallest absolute Gasteiger partial charge is 0.355 e. The van der Waals surface area contributed by atoms with E-state index < -0.39 is 5.97 Å². The van der Waals surface area contributed by atoms with Crippen LogP contribution in [0.15, 0.2) is 5.38 Å². The molecule has 1 N–H and O–H groups in total. The van der Waals surface area contributed by atoms with Crippen LogP contribution in [-0.4, -0.2) is 41.1 Å². The van der Waals surface area contributed by atoms with Gasteiger partial charge in [0, 0.05) is 17.8 Å². The maximum Gasteiger partial charge on any atom is 0.355 e. The number of nitrogens with zero attached hydrogens (tertiary/aromatic N) is 2. The van der Waals surface area contributed by atoms with Crippen LogP contribution in [0.5, 0.6) is 0 Å². The summed E-state index contributed by atoms with van der Waals surface area (Å²) in [5.74, 6) is -0.503. The predicted octanol–water partition coefficient (Wildman–Crippen LogP) is 1.26. The highest BCUT2D eigenvalue weighted by Gasteiger charge is 2.24. The minimum absolute atomic E-state index is 0.180. The van der Waals surface area contributed by atoms with Gasteiger partial charge >= 0.3 is 5.97 Å². The van der Waals surface area contributed by atoms with Crippen molar-refractivity contribution in [2.75, 3.05) is 20.1 Å². The molecular formula is C9H12N2O2S. The van der Waals surface area contributed by atoms with Crippen LogP contribution in [0, 0.1) is 0 Å². The van der Waals surface area contributed by atoms with Crippen molar-refractivity contribution in [3.63, 3.8) is 0 Å². The number of hydrogen-bond acceptors (Lipinski definition) is 4. The predicted molar refractivity (Wildman–Crippen MR) is 53.9 cm³/mol. The summed E-state index contributed by atoms with van der Waals surface area (Å²) in [4.78, 5) is 17.0. The van der Waals surface area contributed by atoms with Gasteiger partial charge in [-0.15, -0.1) is 11.3 Å². The number of thiazole rings is 1. The van der Waals surface area contributed by atoms with Crippen LogP contribution < -0.4 is 0 Å². The van der Waals surface area contributed by atoms with Crippen LogP contribution in [0.3, 0.4) is 0 Å². The molecule has 0 amide bonds. The van der Waals surface area contributed by atoms with Gasteiger partial charge in [-0.05, 0) is 20.0 Å². The van der Waals surface area contributed by atoms with Gasteiger partial charge < -0.3 is 10.0 Å². The Morgan fingerprint density at radius 3 is 3.07 bits per heavy atom. The van der Waals surface area contributed by atoms with Crippen LogP contribution in [0.4, 0.5) is 0 Å². The molecule has 0 saturated carbocycles. The summed E-state index contributed by atoms with van der Waals surface area (Å²) in [5, 5.41) is 11.3. The van der Waals surface area contributed by atoms with Gasteiger partial charge in [0.15, 0.2) is 5.69 Å². The van der Waals surface area contributed by atoms with Crippen LogP contribution in [0.1, 0.15) is 27.8 Å². The van der Waals surface area contributed by atoms with Crippen molar-refractivity contribution in [2.45, 2.75) is 12.3 Å². The molecule has 1 aromatic rings. The normalized spacial score (nSPS) is 22.8. The summed E-state index contributed by atoms with van der Waals surface area (Å²) in [7, 11) is 2.08. The molecule has 1 aromatic heterocycles. The Morgan fingerprint density at radius 2 is 2.57 bits per heavy atom. The molecule has 1 aliphatic heterocycles. The summed E-state index contributed by atoms with van der Waals surface area (Å²) >= 11 is 1.46. The molecule has 0 radical (unpaired) electrons. The maximum atomic E-state index is 10.6. The summed E-state index contributed by atoms with van der Waals surface area (Å²) in [5.41, 5.74) is 0.180. The first-order chi connectivity index (χ1) is 6.66. The zero-order valence-electron chi connectivity index (χ0n) is 7.93. The quantitative estimate of drug-likeness (QED) is 0.802. The third-order valence-corrected chi connectivity index (χ3v) is 3.49. The molecule has 14 heavy (non-hydrogen) atoms. The van der Waals surface area contributed by atoms with Crippen molar-refractivity contribution in [1.82, 2.24) is 9.88 Å². The Bertz CT molecular complexity index is 350. The number of aromatic carboxylic acids is 1. The fraction of sp³-hybridized carbons (Fsp3) is 0.556. The van der Waals surface area contributed by atoms with Gasteiger partial charge in [-0.2, -0.15) is 0 Å². The Labute approximate surface area is 86.2 Å². The second-order valence-electron chi connectivity index (χ2n) is 3.62. The number of hydrogen-bond donors (Lipinski definition) is 1. The largest absolute Gasteiger partial charge is 0.476 e. The second kappa shape index (κ2) is 3.67. The highest BCUT2D eigenvalue weighted by molar-refractivity contribution is 7.09. The standard InChI is InChI=1S/C9H12N2O2S/c1-11-3-2-6(4-11)8-10-7(5-14-8)9(12)13/h5-6H,2-4H2,1H3,(H,12,13). The van der Waals surface area contributed by atoms with Gasteiger partial charge in [0.1, 0.15) is 0 Å². The third kappa shape index (κ3) is 1.78. The maximum absolute atomic E-state index is 10.6. The highest BCUT2D eigenvalue weighted by atomic mass is 32.1. The van der Waals surface area contributed by atoms with E-state index in [1.807, 2.05) is 0 Å². The van der Waals surface area contributed by atoms with Crippen molar-refractivity contribution >= 4 is 17.3 Å². The minimum atomic E-state index is -0.932. The van der Waals surface area contributed by atoms with E-state index in [1.165, 1.54) is 11.3 Å². The number of aromatic nitrogens is 1. The lowest BCUT2D eigenvalue weighted by Gasteiger charge is -2.06. The number of rotatable bonds is 2. The molecule has 2 heterocycles. The molecule has 0 spiro atoms. The SMILES string of the molecule is CN1CCC(c2nc(C(=O)O)cs2)C1. The van der Waals surface area contributed by atoms with E-state index >= 15 is 0 Å². The molecule has 1 fully saturated rings. The number of likely N-dealkylation sites (tertiary alicyclic amines) is 1. The van der Waals surface area contributed by atoms with Crippen molar-refractivity contribution in [1.29, 1.82) is 0 Å². The molecular weight excluding hydrogens is 200 g/mol. The van der Waals surface area contributed by atoms with Gasteiger partial charge in [-0.3, -0.25) is 0 Å². The number of carbonyl (C=O) groups is 1. The average molecular weight is 212 g/mol. The van der Waals surface area contributed by atoms with E-state index in [4.69, 9.17) is 5.11 Å². The summed E-state index contributed by atoms with van der Waals surface area (Å²) < 4.78 is 0. The Hall–Kier alpha value is -0.940. The van der Waals surface area contributed by atoms with E-state index in [1.54, 1.807) is 5.38 Å². The molecule has 1 saturated heterocycles. The van der Waals surface area contributed by atoms with E-state index in [0.29, 0.717) is 5.92 Å². The molecule has 1 aliphatic rings. The molecule has 0 bridgehead atoms. The lowest BCUT2D eigenvalue weighted by Crippen LogP contribution is -2.13. The van der Waals surface area contributed by atoms with Crippen LogP contribution in [0.2, 0.25) is 0 Å². The number of likely N-dealkylation sites (N-methyl/N-ethyl adjacent to an activating group) is 1.